The number of aryl methyl sites for hydroxylation is 1. The summed E-state index contributed by atoms with van der Waals surface area (Å²) in [6.45, 7) is 2.00. The van der Waals surface area contributed by atoms with Crippen LogP contribution in [0.4, 0.5) is 0 Å². The highest BCUT2D eigenvalue weighted by atomic mass is 32.1. The highest BCUT2D eigenvalue weighted by Gasteiger charge is 2.17. The summed E-state index contributed by atoms with van der Waals surface area (Å²) < 4.78 is 5.70. The molecule has 1 saturated carbocycles. The zero-order chi connectivity index (χ0) is 8.39. The van der Waals surface area contributed by atoms with Crippen molar-refractivity contribution in [3.63, 3.8) is 0 Å². The number of thiazole rings is 1. The van der Waals surface area contributed by atoms with E-state index in [1.807, 2.05) is 12.3 Å². The Bertz CT molecular complexity index is 253. The fourth-order valence-corrected chi connectivity index (χ4v) is 2.25. The molecule has 1 aromatic rings. The maximum absolute atomic E-state index is 5.70. The van der Waals surface area contributed by atoms with Gasteiger partial charge in [-0.3, -0.25) is 0 Å². The van der Waals surface area contributed by atoms with E-state index in [0.29, 0.717) is 6.10 Å². The van der Waals surface area contributed by atoms with Crippen LogP contribution in [0.5, 0.6) is 5.19 Å². The van der Waals surface area contributed by atoms with Crippen molar-refractivity contribution in [2.24, 2.45) is 0 Å². The van der Waals surface area contributed by atoms with Crippen LogP contribution < -0.4 is 4.74 Å². The van der Waals surface area contributed by atoms with Gasteiger partial charge in [0.2, 0.25) is 0 Å². The molecular formula is C9H13NOS. The Morgan fingerprint density at radius 3 is 2.83 bits per heavy atom. The summed E-state index contributed by atoms with van der Waals surface area (Å²) in [7, 11) is 0. The summed E-state index contributed by atoms with van der Waals surface area (Å²) >= 11 is 1.60. The zero-order valence-electron chi connectivity index (χ0n) is 7.25. The molecule has 0 N–H and O–H groups in total. The first kappa shape index (κ1) is 8.05. The van der Waals surface area contributed by atoms with Crippen molar-refractivity contribution in [2.45, 2.75) is 38.7 Å². The third-order valence-corrected chi connectivity index (χ3v) is 3.02. The van der Waals surface area contributed by atoms with Crippen molar-refractivity contribution in [1.82, 2.24) is 4.98 Å². The number of ether oxygens (including phenoxy) is 1. The number of rotatable bonds is 2. The molecule has 0 saturated heterocycles. The Labute approximate surface area is 76.6 Å². The van der Waals surface area contributed by atoms with E-state index in [1.165, 1.54) is 25.7 Å². The molecule has 0 spiro atoms. The van der Waals surface area contributed by atoms with Gasteiger partial charge < -0.3 is 4.74 Å². The highest BCUT2D eigenvalue weighted by Crippen LogP contribution is 2.25. The smallest absolute Gasteiger partial charge is 0.273 e. The largest absolute Gasteiger partial charge is 0.467 e. The number of nitrogens with zero attached hydrogens (tertiary/aromatic N) is 1. The van der Waals surface area contributed by atoms with Crippen molar-refractivity contribution in [3.8, 4) is 5.19 Å². The standard InChI is InChI=1S/C9H13NOS/c1-7-6-12-9(10-7)11-8-4-2-3-5-8/h6,8H,2-5H2,1H3. The first-order valence-corrected chi connectivity index (χ1v) is 5.31. The molecule has 0 bridgehead atoms. The van der Waals surface area contributed by atoms with Crippen LogP contribution in [0.15, 0.2) is 5.38 Å². The van der Waals surface area contributed by atoms with Crippen LogP contribution in [-0.2, 0) is 0 Å². The molecule has 1 aliphatic carbocycles. The maximum Gasteiger partial charge on any atom is 0.273 e. The summed E-state index contributed by atoms with van der Waals surface area (Å²) in [5.74, 6) is 0. The average molecular weight is 183 g/mol. The van der Waals surface area contributed by atoms with Gasteiger partial charge in [-0.05, 0) is 32.6 Å². The molecule has 66 valence electrons. The summed E-state index contributed by atoms with van der Waals surface area (Å²) in [6.07, 6.45) is 5.48. The third kappa shape index (κ3) is 1.78. The Balaban J connectivity index is 1.94. The van der Waals surface area contributed by atoms with Crippen molar-refractivity contribution in [2.75, 3.05) is 0 Å². The normalized spacial score (nSPS) is 18.4. The topological polar surface area (TPSA) is 22.1 Å². The molecule has 0 aromatic carbocycles. The van der Waals surface area contributed by atoms with E-state index in [1.54, 1.807) is 11.3 Å². The van der Waals surface area contributed by atoms with Crippen molar-refractivity contribution >= 4 is 11.3 Å². The van der Waals surface area contributed by atoms with E-state index in [9.17, 15) is 0 Å². The fourth-order valence-electron chi connectivity index (χ4n) is 1.54. The average Bonchev–Trinajstić information content (AvgIpc) is 2.63. The lowest BCUT2D eigenvalue weighted by atomic mass is 10.3. The SMILES string of the molecule is Cc1csc(OC2CCCC2)n1. The van der Waals surface area contributed by atoms with Gasteiger partial charge in [-0.1, -0.05) is 11.3 Å². The summed E-state index contributed by atoms with van der Waals surface area (Å²) in [4.78, 5) is 4.27. The monoisotopic (exact) mass is 183 g/mol. The van der Waals surface area contributed by atoms with Gasteiger partial charge >= 0.3 is 0 Å². The Morgan fingerprint density at radius 2 is 2.25 bits per heavy atom. The van der Waals surface area contributed by atoms with E-state index in [-0.39, 0.29) is 0 Å². The van der Waals surface area contributed by atoms with E-state index in [2.05, 4.69) is 4.98 Å². The van der Waals surface area contributed by atoms with Crippen LogP contribution in [-0.4, -0.2) is 11.1 Å². The number of hydrogen-bond acceptors (Lipinski definition) is 3. The van der Waals surface area contributed by atoms with Crippen LogP contribution >= 0.6 is 11.3 Å². The second-order valence-electron chi connectivity index (χ2n) is 3.28. The lowest BCUT2D eigenvalue weighted by Gasteiger charge is -2.08. The minimum absolute atomic E-state index is 0.440. The van der Waals surface area contributed by atoms with Gasteiger partial charge in [0.05, 0.1) is 5.69 Å². The second-order valence-corrected chi connectivity index (χ2v) is 4.10. The van der Waals surface area contributed by atoms with Crippen molar-refractivity contribution in [1.29, 1.82) is 0 Å². The molecule has 3 heteroatoms. The molecule has 0 radical (unpaired) electrons. The van der Waals surface area contributed by atoms with Crippen LogP contribution in [0.3, 0.4) is 0 Å². The highest BCUT2D eigenvalue weighted by molar-refractivity contribution is 7.11. The maximum atomic E-state index is 5.70. The van der Waals surface area contributed by atoms with Gasteiger partial charge in [0, 0.05) is 5.38 Å². The molecule has 1 aliphatic rings. The molecule has 1 fully saturated rings. The van der Waals surface area contributed by atoms with E-state index >= 15 is 0 Å². The predicted octanol–water partition coefficient (Wildman–Crippen LogP) is 2.77. The molecule has 0 atom stereocenters. The zero-order valence-corrected chi connectivity index (χ0v) is 8.06. The third-order valence-electron chi connectivity index (χ3n) is 2.17. The Morgan fingerprint density at radius 1 is 1.50 bits per heavy atom. The van der Waals surface area contributed by atoms with E-state index < -0.39 is 0 Å². The summed E-state index contributed by atoms with van der Waals surface area (Å²) in [5, 5.41) is 2.88. The predicted molar refractivity (Wildman–Crippen MR) is 49.7 cm³/mol. The molecule has 2 nitrogen and oxygen atoms in total. The molecule has 2 rings (SSSR count). The van der Waals surface area contributed by atoms with Gasteiger partial charge in [0.15, 0.2) is 0 Å². The minimum atomic E-state index is 0.440. The molecule has 1 heterocycles. The van der Waals surface area contributed by atoms with Crippen LogP contribution in [0.1, 0.15) is 31.4 Å². The van der Waals surface area contributed by atoms with Gasteiger partial charge in [-0.15, -0.1) is 0 Å². The minimum Gasteiger partial charge on any atom is -0.467 e. The van der Waals surface area contributed by atoms with E-state index in [0.717, 1.165) is 10.9 Å². The van der Waals surface area contributed by atoms with Crippen LogP contribution in [0, 0.1) is 6.92 Å². The molecule has 0 unspecified atom stereocenters. The number of aromatic nitrogens is 1. The molecule has 0 aliphatic heterocycles. The molecule has 1 aromatic heterocycles. The lowest BCUT2D eigenvalue weighted by molar-refractivity contribution is 0.209. The number of hydrogen-bond donors (Lipinski definition) is 0. The molecule has 0 amide bonds. The Hall–Kier alpha value is -0.570. The van der Waals surface area contributed by atoms with Gasteiger partial charge in [0.25, 0.3) is 5.19 Å². The summed E-state index contributed by atoms with van der Waals surface area (Å²) in [6, 6.07) is 0. The first-order chi connectivity index (χ1) is 5.84. The van der Waals surface area contributed by atoms with Crippen LogP contribution in [0.25, 0.3) is 0 Å². The molecular weight excluding hydrogens is 170 g/mol. The first-order valence-electron chi connectivity index (χ1n) is 4.43. The van der Waals surface area contributed by atoms with Gasteiger partial charge in [0.1, 0.15) is 6.10 Å². The second kappa shape index (κ2) is 3.44. The van der Waals surface area contributed by atoms with E-state index in [4.69, 9.17) is 4.74 Å². The summed E-state index contributed by atoms with van der Waals surface area (Å²) in [5.41, 5.74) is 1.06. The molecule has 12 heavy (non-hydrogen) atoms. The van der Waals surface area contributed by atoms with Crippen molar-refractivity contribution in [3.05, 3.63) is 11.1 Å². The van der Waals surface area contributed by atoms with Crippen LogP contribution in [0.2, 0.25) is 0 Å². The van der Waals surface area contributed by atoms with Gasteiger partial charge in [-0.25, -0.2) is 4.98 Å². The quantitative estimate of drug-likeness (QED) is 0.703. The van der Waals surface area contributed by atoms with Gasteiger partial charge in [-0.2, -0.15) is 0 Å². The Kier molecular flexibility index (Phi) is 2.30. The fraction of sp³-hybridized carbons (Fsp3) is 0.667. The lowest BCUT2D eigenvalue weighted by Crippen LogP contribution is -2.10. The van der Waals surface area contributed by atoms with Crippen molar-refractivity contribution < 1.29 is 4.74 Å².